The Morgan fingerprint density at radius 1 is 1.52 bits per heavy atom. The van der Waals surface area contributed by atoms with Crippen LogP contribution in [0.5, 0.6) is 0 Å². The number of carboxylic acids is 1. The van der Waals surface area contributed by atoms with E-state index in [0.717, 1.165) is 0 Å². The summed E-state index contributed by atoms with van der Waals surface area (Å²) in [7, 11) is 0. The number of nitrogens with zero attached hydrogens (tertiary/aromatic N) is 2. The molecule has 0 radical (unpaired) electrons. The Morgan fingerprint density at radius 2 is 2.24 bits per heavy atom. The lowest BCUT2D eigenvalue weighted by atomic mass is 10.1. The van der Waals surface area contributed by atoms with E-state index in [9.17, 15) is 24.3 Å². The molecule has 2 N–H and O–H groups in total. The van der Waals surface area contributed by atoms with Crippen LogP contribution in [-0.2, 0) is 28.8 Å². The van der Waals surface area contributed by atoms with Crippen molar-refractivity contribution in [1.82, 2.24) is 10.4 Å². The molecule has 2 rings (SSSR count). The van der Waals surface area contributed by atoms with Crippen molar-refractivity contribution in [1.29, 1.82) is 5.26 Å². The van der Waals surface area contributed by atoms with E-state index in [1.54, 1.807) is 6.07 Å². The summed E-state index contributed by atoms with van der Waals surface area (Å²) in [5.74, 6) is -3.83. The topological polar surface area (TPSA) is 146 Å². The van der Waals surface area contributed by atoms with Gasteiger partial charge in [0.1, 0.15) is 19.1 Å². The third-order valence-electron chi connectivity index (χ3n) is 3.06. The number of nitriles is 1. The first-order chi connectivity index (χ1) is 9.90. The first kappa shape index (κ1) is 14.7. The first-order valence-corrected chi connectivity index (χ1v) is 5.99. The Labute approximate surface area is 118 Å². The molecule has 21 heavy (non-hydrogen) atoms. The molecule has 2 unspecified atom stereocenters. The molecule has 0 bridgehead atoms. The largest absolute Gasteiger partial charge is 0.477 e. The predicted molar refractivity (Wildman–Crippen MR) is 60.7 cm³/mol. The van der Waals surface area contributed by atoms with Crippen molar-refractivity contribution >= 4 is 23.8 Å². The number of rotatable bonds is 4. The van der Waals surface area contributed by atoms with Crippen LogP contribution in [0.1, 0.15) is 19.3 Å². The average Bonchev–Trinajstić information content (AvgIpc) is 2.96. The molecule has 2 amide bonds. The number of carbonyl (C=O) groups is 4. The van der Waals surface area contributed by atoms with E-state index in [0.29, 0.717) is 5.06 Å². The van der Waals surface area contributed by atoms with E-state index in [4.69, 9.17) is 14.8 Å². The number of nitrogens with one attached hydrogen (secondary N) is 1. The maximum atomic E-state index is 12.1. The fourth-order valence-electron chi connectivity index (χ4n) is 2.07. The molecule has 0 spiro atoms. The molecule has 10 nitrogen and oxygen atoms in total. The number of ether oxygens (including phenoxy) is 1. The minimum Gasteiger partial charge on any atom is -0.477 e. The third-order valence-corrected chi connectivity index (χ3v) is 3.06. The quantitative estimate of drug-likeness (QED) is 0.582. The SMILES string of the molecule is N#CCC(=O)NC1CON(C2(C(=O)O)CCC(=O)O2)C1=O. The summed E-state index contributed by atoms with van der Waals surface area (Å²) in [4.78, 5) is 50.9. The molecular weight excluding hydrogens is 286 g/mol. The summed E-state index contributed by atoms with van der Waals surface area (Å²) < 4.78 is 4.74. The highest BCUT2D eigenvalue weighted by atomic mass is 16.7. The van der Waals surface area contributed by atoms with Crippen LogP contribution in [0.15, 0.2) is 0 Å². The van der Waals surface area contributed by atoms with Crippen LogP contribution >= 0.6 is 0 Å². The summed E-state index contributed by atoms with van der Waals surface area (Å²) in [6, 6.07) is 0.489. The summed E-state index contributed by atoms with van der Waals surface area (Å²) in [6.07, 6.45) is -0.848. The molecule has 2 aliphatic rings. The highest BCUT2D eigenvalue weighted by Gasteiger charge is 2.59. The summed E-state index contributed by atoms with van der Waals surface area (Å²) in [5, 5.41) is 20.3. The lowest BCUT2D eigenvalue weighted by Crippen LogP contribution is -2.56. The maximum Gasteiger partial charge on any atom is 0.372 e. The van der Waals surface area contributed by atoms with Crippen molar-refractivity contribution in [2.24, 2.45) is 0 Å². The second-order valence-electron chi connectivity index (χ2n) is 4.45. The minimum atomic E-state index is -2.21. The molecule has 0 aromatic carbocycles. The first-order valence-electron chi connectivity index (χ1n) is 5.99. The van der Waals surface area contributed by atoms with E-state index in [1.807, 2.05) is 0 Å². The van der Waals surface area contributed by atoms with Gasteiger partial charge in [-0.2, -0.15) is 10.3 Å². The Bertz CT molecular complexity index is 555. The number of hydrogen-bond donors (Lipinski definition) is 2. The van der Waals surface area contributed by atoms with E-state index < -0.39 is 41.9 Å². The Balaban J connectivity index is 2.13. The predicted octanol–water partition coefficient (Wildman–Crippen LogP) is -1.72. The van der Waals surface area contributed by atoms with E-state index >= 15 is 0 Å². The van der Waals surface area contributed by atoms with Crippen molar-refractivity contribution in [2.45, 2.75) is 31.0 Å². The Hall–Kier alpha value is -2.67. The number of esters is 1. The molecule has 10 heteroatoms. The molecule has 2 heterocycles. The van der Waals surface area contributed by atoms with Crippen molar-refractivity contribution in [3.8, 4) is 6.07 Å². The van der Waals surface area contributed by atoms with Crippen molar-refractivity contribution in [2.75, 3.05) is 6.61 Å². The molecule has 2 saturated heterocycles. The van der Waals surface area contributed by atoms with Crippen LogP contribution in [0.25, 0.3) is 0 Å². The molecule has 0 saturated carbocycles. The number of carbonyl (C=O) groups excluding carboxylic acids is 3. The van der Waals surface area contributed by atoms with Gasteiger partial charge in [0.2, 0.25) is 5.91 Å². The lowest BCUT2D eigenvalue weighted by Gasteiger charge is -2.30. The second kappa shape index (κ2) is 5.37. The number of hydrogen-bond acceptors (Lipinski definition) is 7. The number of amides is 2. The van der Waals surface area contributed by atoms with Crippen molar-refractivity contribution < 1.29 is 33.9 Å². The van der Waals surface area contributed by atoms with Gasteiger partial charge in [0, 0.05) is 6.42 Å². The smallest absolute Gasteiger partial charge is 0.372 e. The number of carboxylic acid groups (broad SMARTS) is 1. The van der Waals surface area contributed by atoms with Crippen LogP contribution < -0.4 is 5.32 Å². The van der Waals surface area contributed by atoms with Gasteiger partial charge in [-0.25, -0.2) is 4.79 Å². The summed E-state index contributed by atoms with van der Waals surface area (Å²) in [5.41, 5.74) is -2.21. The lowest BCUT2D eigenvalue weighted by molar-refractivity contribution is -0.256. The molecule has 2 atom stereocenters. The standard InChI is InChI=1S/C11H11N3O7/c12-4-2-7(15)13-6-5-20-14(9(6)17)11(10(18)19)3-1-8(16)21-11/h6H,1-3,5H2,(H,13,15)(H,18,19). The highest BCUT2D eigenvalue weighted by Crippen LogP contribution is 2.33. The Morgan fingerprint density at radius 3 is 2.76 bits per heavy atom. The molecule has 112 valence electrons. The normalized spacial score (nSPS) is 28.1. The van der Waals surface area contributed by atoms with Gasteiger partial charge in [-0.1, -0.05) is 0 Å². The fraction of sp³-hybridized carbons (Fsp3) is 0.545. The molecule has 0 aliphatic carbocycles. The van der Waals surface area contributed by atoms with E-state index in [1.165, 1.54) is 0 Å². The summed E-state index contributed by atoms with van der Waals surface area (Å²) >= 11 is 0. The van der Waals surface area contributed by atoms with Crippen LogP contribution in [0.4, 0.5) is 0 Å². The van der Waals surface area contributed by atoms with Gasteiger partial charge in [0.05, 0.1) is 12.5 Å². The van der Waals surface area contributed by atoms with Gasteiger partial charge in [0.15, 0.2) is 0 Å². The van der Waals surface area contributed by atoms with Crippen molar-refractivity contribution in [3.05, 3.63) is 0 Å². The molecule has 0 aromatic rings. The minimum absolute atomic E-state index is 0.162. The van der Waals surface area contributed by atoms with Gasteiger partial charge in [-0.05, 0) is 0 Å². The van der Waals surface area contributed by atoms with Crippen molar-refractivity contribution in [3.63, 3.8) is 0 Å². The van der Waals surface area contributed by atoms with E-state index in [-0.39, 0.29) is 19.4 Å². The Kier molecular flexibility index (Phi) is 3.77. The van der Waals surface area contributed by atoms with Crippen LogP contribution in [0, 0.1) is 11.3 Å². The summed E-state index contributed by atoms with van der Waals surface area (Å²) in [6.45, 7) is -0.303. The highest BCUT2D eigenvalue weighted by molar-refractivity contribution is 5.94. The zero-order valence-corrected chi connectivity index (χ0v) is 10.7. The monoisotopic (exact) mass is 297 g/mol. The number of cyclic esters (lactones) is 1. The average molecular weight is 297 g/mol. The zero-order chi connectivity index (χ0) is 15.6. The van der Waals surface area contributed by atoms with Gasteiger partial charge in [0.25, 0.3) is 5.91 Å². The zero-order valence-electron chi connectivity index (χ0n) is 10.7. The van der Waals surface area contributed by atoms with Crippen LogP contribution in [0.2, 0.25) is 0 Å². The van der Waals surface area contributed by atoms with Crippen LogP contribution in [0.3, 0.4) is 0 Å². The van der Waals surface area contributed by atoms with Gasteiger partial charge >= 0.3 is 17.7 Å². The van der Waals surface area contributed by atoms with Gasteiger partial charge < -0.3 is 15.2 Å². The van der Waals surface area contributed by atoms with Gasteiger partial charge in [-0.15, -0.1) is 0 Å². The number of aliphatic carboxylic acids is 1. The molecule has 2 fully saturated rings. The molecule has 2 aliphatic heterocycles. The van der Waals surface area contributed by atoms with E-state index in [2.05, 4.69) is 5.32 Å². The molecular formula is C11H11N3O7. The number of hydroxylamine groups is 2. The van der Waals surface area contributed by atoms with Gasteiger partial charge in [-0.3, -0.25) is 19.2 Å². The van der Waals surface area contributed by atoms with Crippen LogP contribution in [-0.4, -0.2) is 52.3 Å². The third kappa shape index (κ3) is 2.50. The fourth-order valence-corrected chi connectivity index (χ4v) is 2.07. The second-order valence-corrected chi connectivity index (χ2v) is 4.45. The molecule has 0 aromatic heterocycles. The maximum absolute atomic E-state index is 12.1.